The van der Waals surface area contributed by atoms with Gasteiger partial charge in [0.2, 0.25) is 5.79 Å². The summed E-state index contributed by atoms with van der Waals surface area (Å²) in [6, 6.07) is 1.86. The van der Waals surface area contributed by atoms with Crippen LogP contribution in [-0.4, -0.2) is 170 Å². The number of nitrogens with zero attached hydrogens (tertiary/aromatic N) is 1. The second-order valence-corrected chi connectivity index (χ2v) is 9.21. The van der Waals surface area contributed by atoms with Gasteiger partial charge in [0.05, 0.1) is 38.9 Å². The quantitative estimate of drug-likeness (QED) is 0.106. The summed E-state index contributed by atoms with van der Waals surface area (Å²) in [5.74, 6) is -2.37. The summed E-state index contributed by atoms with van der Waals surface area (Å²) in [5, 5.41) is 110. The first-order valence-electron chi connectivity index (χ1n) is 11.9. The van der Waals surface area contributed by atoms with Gasteiger partial charge < -0.3 is 79.5 Å². The third kappa shape index (κ3) is 6.42. The number of hydrogen-bond acceptors (Lipinski definition) is 17. The number of hydrogen-bond donors (Lipinski definition) is 10. The van der Waals surface area contributed by atoms with Gasteiger partial charge in [-0.25, -0.2) is 0 Å². The summed E-state index contributed by atoms with van der Waals surface area (Å²) in [5.41, 5.74) is 0. The molecule has 0 bridgehead atoms. The molecular formula is C21H35NO16. The third-order valence-electron chi connectivity index (χ3n) is 6.62. The summed E-state index contributed by atoms with van der Waals surface area (Å²) in [6.45, 7) is -2.66. The maximum atomic E-state index is 10.4. The molecule has 2 unspecified atom stereocenters. The van der Waals surface area contributed by atoms with Gasteiger partial charge in [-0.1, -0.05) is 0 Å². The molecule has 0 amide bonds. The fourth-order valence-electron chi connectivity index (χ4n) is 4.32. The minimum Gasteiger partial charge on any atom is -0.394 e. The number of aliphatic hydroxyl groups excluding tert-OH is 10. The Hall–Kier alpha value is -1.15. The van der Waals surface area contributed by atoms with Crippen LogP contribution in [0.2, 0.25) is 0 Å². The van der Waals surface area contributed by atoms with E-state index in [-0.39, 0.29) is 19.6 Å². The Labute approximate surface area is 216 Å². The standard InChI is InChI=1S/C21H35NO16/c22-2-1-3-33-5-9-11(25)14(28)16(30)19(35-9)34-6-10-12(26)15(29)17(31)20(36-10)38-21(7-24)18(32)13(27)8(4-23)37-21/h8-20,23-32H,1,3-7H2/t8-,9-,10-,11+,12-,13-,14+,15+,16-,17-,18+,19?,20?,21+/m1/s1. The SMILES string of the molecule is N#CCCOC[C@H]1OC(OC[C@H]2OC(O[C@]3(CO)O[C@H](CO)[C@@H](O)[C@@H]3O)[C@H](O)[C@@H](O)[C@@H]2O)[C@H](O)[C@@H](O)[C@H]1O. The van der Waals surface area contributed by atoms with Crippen LogP contribution >= 0.6 is 0 Å². The van der Waals surface area contributed by atoms with Gasteiger partial charge in [-0.05, 0) is 0 Å². The molecule has 38 heavy (non-hydrogen) atoms. The predicted molar refractivity (Wildman–Crippen MR) is 115 cm³/mol. The smallest absolute Gasteiger partial charge is 0.224 e. The second-order valence-electron chi connectivity index (χ2n) is 9.21. The molecule has 10 N–H and O–H groups in total. The maximum absolute atomic E-state index is 10.4. The van der Waals surface area contributed by atoms with Crippen LogP contribution in [-0.2, 0) is 28.4 Å². The van der Waals surface area contributed by atoms with Crippen molar-refractivity contribution in [2.75, 3.05) is 33.0 Å². The zero-order valence-corrected chi connectivity index (χ0v) is 20.1. The molecule has 14 atom stereocenters. The molecule has 17 nitrogen and oxygen atoms in total. The van der Waals surface area contributed by atoms with Gasteiger partial charge in [0.25, 0.3) is 0 Å². The molecule has 0 radical (unpaired) electrons. The molecule has 220 valence electrons. The van der Waals surface area contributed by atoms with E-state index in [1.165, 1.54) is 0 Å². The molecule has 0 spiro atoms. The Morgan fingerprint density at radius 3 is 1.84 bits per heavy atom. The topological polar surface area (TPSA) is 281 Å². The molecule has 0 aromatic heterocycles. The highest BCUT2D eigenvalue weighted by Crippen LogP contribution is 2.36. The Kier molecular flexibility index (Phi) is 11.1. The van der Waals surface area contributed by atoms with Crippen molar-refractivity contribution in [3.63, 3.8) is 0 Å². The lowest BCUT2D eigenvalue weighted by molar-refractivity contribution is -0.388. The minimum atomic E-state index is -2.37. The first kappa shape index (κ1) is 31.4. The first-order chi connectivity index (χ1) is 18.0. The highest BCUT2D eigenvalue weighted by Gasteiger charge is 2.58. The lowest BCUT2D eigenvalue weighted by atomic mass is 9.98. The molecule has 3 aliphatic rings. The average molecular weight is 558 g/mol. The Morgan fingerprint density at radius 1 is 0.711 bits per heavy atom. The minimum absolute atomic E-state index is 0.0286. The number of ether oxygens (including phenoxy) is 6. The van der Waals surface area contributed by atoms with Crippen LogP contribution in [0.3, 0.4) is 0 Å². The average Bonchev–Trinajstić information content (AvgIpc) is 3.16. The van der Waals surface area contributed by atoms with E-state index in [4.69, 9.17) is 33.7 Å². The van der Waals surface area contributed by atoms with Gasteiger partial charge in [0, 0.05) is 0 Å². The van der Waals surface area contributed by atoms with Crippen molar-refractivity contribution >= 4 is 0 Å². The highest BCUT2D eigenvalue weighted by molar-refractivity contribution is 4.98. The molecule has 3 fully saturated rings. The molecular weight excluding hydrogens is 522 g/mol. The van der Waals surface area contributed by atoms with E-state index >= 15 is 0 Å². The van der Waals surface area contributed by atoms with Crippen LogP contribution in [0.5, 0.6) is 0 Å². The second kappa shape index (κ2) is 13.5. The normalized spacial score (nSPS) is 47.7. The third-order valence-corrected chi connectivity index (χ3v) is 6.62. The van der Waals surface area contributed by atoms with Crippen molar-refractivity contribution in [1.29, 1.82) is 5.26 Å². The molecule has 3 aliphatic heterocycles. The van der Waals surface area contributed by atoms with Crippen LogP contribution in [0.1, 0.15) is 6.42 Å². The van der Waals surface area contributed by atoms with E-state index in [0.717, 1.165) is 0 Å². The zero-order valence-electron chi connectivity index (χ0n) is 20.1. The fourth-order valence-corrected chi connectivity index (χ4v) is 4.32. The highest BCUT2D eigenvalue weighted by atomic mass is 16.8. The van der Waals surface area contributed by atoms with Crippen molar-refractivity contribution in [3.8, 4) is 6.07 Å². The van der Waals surface area contributed by atoms with Crippen LogP contribution < -0.4 is 0 Å². The van der Waals surface area contributed by atoms with Gasteiger partial charge in [0.15, 0.2) is 12.6 Å². The maximum Gasteiger partial charge on any atom is 0.224 e. The van der Waals surface area contributed by atoms with Gasteiger partial charge in [-0.15, -0.1) is 0 Å². The Morgan fingerprint density at radius 2 is 1.29 bits per heavy atom. The molecule has 3 rings (SSSR count). The van der Waals surface area contributed by atoms with E-state index in [2.05, 4.69) is 0 Å². The first-order valence-corrected chi connectivity index (χ1v) is 11.9. The lowest BCUT2D eigenvalue weighted by Gasteiger charge is -2.44. The largest absolute Gasteiger partial charge is 0.394 e. The number of rotatable bonds is 11. The van der Waals surface area contributed by atoms with Crippen molar-refractivity contribution in [2.24, 2.45) is 0 Å². The van der Waals surface area contributed by atoms with Gasteiger partial charge in [-0.2, -0.15) is 5.26 Å². The van der Waals surface area contributed by atoms with E-state index in [1.807, 2.05) is 6.07 Å². The van der Waals surface area contributed by atoms with Crippen molar-refractivity contribution in [3.05, 3.63) is 0 Å². The number of aliphatic hydroxyl groups is 10. The van der Waals surface area contributed by atoms with Crippen molar-refractivity contribution < 1.29 is 79.5 Å². The molecule has 17 heteroatoms. The van der Waals surface area contributed by atoms with E-state index in [0.29, 0.717) is 0 Å². The van der Waals surface area contributed by atoms with Crippen LogP contribution in [0.15, 0.2) is 0 Å². The van der Waals surface area contributed by atoms with Gasteiger partial charge >= 0.3 is 0 Å². The summed E-state index contributed by atoms with van der Waals surface area (Å²) in [7, 11) is 0. The fraction of sp³-hybridized carbons (Fsp3) is 0.952. The summed E-state index contributed by atoms with van der Waals surface area (Å²) in [6.07, 6.45) is -21.5. The molecule has 0 aliphatic carbocycles. The molecule has 0 aromatic rings. The molecule has 3 heterocycles. The molecule has 3 saturated heterocycles. The Bertz CT molecular complexity index is 787. The van der Waals surface area contributed by atoms with Gasteiger partial charge in [-0.3, -0.25) is 0 Å². The van der Waals surface area contributed by atoms with E-state index in [1.54, 1.807) is 0 Å². The number of nitriles is 1. The molecule has 0 aromatic carbocycles. The van der Waals surface area contributed by atoms with Gasteiger partial charge in [0.1, 0.15) is 73.8 Å². The zero-order chi connectivity index (χ0) is 28.2. The summed E-state index contributed by atoms with van der Waals surface area (Å²) < 4.78 is 32.2. The summed E-state index contributed by atoms with van der Waals surface area (Å²) >= 11 is 0. The monoisotopic (exact) mass is 557 g/mol. The van der Waals surface area contributed by atoms with Crippen LogP contribution in [0.25, 0.3) is 0 Å². The predicted octanol–water partition coefficient (Wildman–Crippen LogP) is -6.63. The lowest BCUT2D eigenvalue weighted by Crippen LogP contribution is -2.63. The Balaban J connectivity index is 1.65. The van der Waals surface area contributed by atoms with Crippen molar-refractivity contribution in [2.45, 2.75) is 91.9 Å². The van der Waals surface area contributed by atoms with E-state index < -0.39 is 105 Å². The van der Waals surface area contributed by atoms with E-state index in [9.17, 15) is 51.1 Å². The summed E-state index contributed by atoms with van der Waals surface area (Å²) in [4.78, 5) is 0. The van der Waals surface area contributed by atoms with Crippen LogP contribution in [0.4, 0.5) is 0 Å². The molecule has 0 saturated carbocycles. The van der Waals surface area contributed by atoms with Crippen LogP contribution in [0, 0.1) is 11.3 Å². The van der Waals surface area contributed by atoms with Crippen molar-refractivity contribution in [1.82, 2.24) is 0 Å².